The van der Waals surface area contributed by atoms with E-state index in [2.05, 4.69) is 0 Å². The second-order valence-corrected chi connectivity index (χ2v) is 5.35. The Labute approximate surface area is 168 Å². The van der Waals surface area contributed by atoms with E-state index in [-0.39, 0.29) is 25.8 Å². The molecule has 0 unspecified atom stereocenters. The van der Waals surface area contributed by atoms with Gasteiger partial charge >= 0.3 is 25.8 Å². The molecule has 0 fully saturated rings. The minimum absolute atomic E-state index is 0. The first-order chi connectivity index (χ1) is 10.2. The second kappa shape index (κ2) is 13.8. The minimum Gasteiger partial charge on any atom is -0.780 e. The van der Waals surface area contributed by atoms with Gasteiger partial charge in [-0.3, -0.25) is 0 Å². The van der Waals surface area contributed by atoms with E-state index in [0.29, 0.717) is 0 Å². The summed E-state index contributed by atoms with van der Waals surface area (Å²) in [6.45, 7) is 0. The standard InChI is InChI=1S/3C6H6S.In/c3*7-6-4-2-1-3-5-6;/h3*1-5,7H;/q;;;+3/p-3. The smallest absolute Gasteiger partial charge is 0.780 e. The molecule has 0 saturated carbocycles. The van der Waals surface area contributed by atoms with Crippen LogP contribution in [0.15, 0.2) is 106 Å². The molecule has 22 heavy (non-hydrogen) atoms. The summed E-state index contributed by atoms with van der Waals surface area (Å²) in [4.78, 5) is 2.72. The van der Waals surface area contributed by atoms with E-state index >= 15 is 0 Å². The summed E-state index contributed by atoms with van der Waals surface area (Å²) in [5.74, 6) is 0. The Hall–Kier alpha value is -0.810. The fourth-order valence-electron chi connectivity index (χ4n) is 1.26. The summed E-state index contributed by atoms with van der Waals surface area (Å²) in [7, 11) is 0. The number of hydrogen-bond acceptors (Lipinski definition) is 3. The quantitative estimate of drug-likeness (QED) is 0.474. The molecule has 3 rings (SSSR count). The monoisotopic (exact) mass is 442 g/mol. The predicted molar refractivity (Wildman–Crippen MR) is 102 cm³/mol. The summed E-state index contributed by atoms with van der Waals surface area (Å²) in [5.41, 5.74) is 0. The van der Waals surface area contributed by atoms with E-state index in [1.54, 1.807) is 0 Å². The topological polar surface area (TPSA) is 0 Å². The van der Waals surface area contributed by atoms with E-state index in [1.165, 1.54) is 0 Å². The molecule has 0 aliphatic carbocycles. The van der Waals surface area contributed by atoms with Crippen LogP contribution in [0, 0.1) is 0 Å². The van der Waals surface area contributed by atoms with Gasteiger partial charge in [-0.2, -0.15) is 14.7 Å². The van der Waals surface area contributed by atoms with Crippen molar-refractivity contribution < 1.29 is 0 Å². The van der Waals surface area contributed by atoms with Crippen molar-refractivity contribution in [2.45, 2.75) is 14.7 Å². The van der Waals surface area contributed by atoms with Crippen LogP contribution in [-0.4, -0.2) is 25.8 Å². The third-order valence-corrected chi connectivity index (χ3v) is 3.05. The minimum atomic E-state index is 0. The zero-order valence-electron chi connectivity index (χ0n) is 12.0. The third-order valence-electron chi connectivity index (χ3n) is 2.23. The summed E-state index contributed by atoms with van der Waals surface area (Å²) in [6.07, 6.45) is 0. The van der Waals surface area contributed by atoms with Crippen LogP contribution in [0.1, 0.15) is 0 Å². The van der Waals surface area contributed by atoms with Gasteiger partial charge in [0.25, 0.3) is 0 Å². The van der Waals surface area contributed by atoms with Crippen molar-refractivity contribution in [3.63, 3.8) is 0 Å². The predicted octanol–water partition coefficient (Wildman–Crippen LogP) is 4.40. The van der Waals surface area contributed by atoms with Crippen molar-refractivity contribution >= 4 is 63.7 Å². The molecule has 0 amide bonds. The Kier molecular flexibility index (Phi) is 13.3. The maximum Gasteiger partial charge on any atom is 3.00 e. The van der Waals surface area contributed by atoms with E-state index in [4.69, 9.17) is 37.9 Å². The van der Waals surface area contributed by atoms with Crippen molar-refractivity contribution in [3.05, 3.63) is 91.0 Å². The van der Waals surface area contributed by atoms with Crippen LogP contribution in [-0.2, 0) is 37.9 Å². The average Bonchev–Trinajstić information content (AvgIpc) is 2.51. The Bertz CT molecular complexity index is 497. The summed E-state index contributed by atoms with van der Waals surface area (Å²) >= 11 is 14.4. The molecule has 0 spiro atoms. The molecular weight excluding hydrogens is 427 g/mol. The third kappa shape index (κ3) is 11.8. The summed E-state index contributed by atoms with van der Waals surface area (Å²) < 4.78 is 0. The van der Waals surface area contributed by atoms with Gasteiger partial charge in [0.2, 0.25) is 0 Å². The van der Waals surface area contributed by atoms with Crippen LogP contribution >= 0.6 is 0 Å². The van der Waals surface area contributed by atoms with E-state index < -0.39 is 0 Å². The molecule has 0 atom stereocenters. The maximum absolute atomic E-state index is 4.81. The van der Waals surface area contributed by atoms with Gasteiger partial charge in [0.1, 0.15) is 0 Å². The van der Waals surface area contributed by atoms with Gasteiger partial charge in [0, 0.05) is 0 Å². The van der Waals surface area contributed by atoms with Crippen molar-refractivity contribution in [2.24, 2.45) is 0 Å². The summed E-state index contributed by atoms with van der Waals surface area (Å²) in [5, 5.41) is 0. The first-order valence-electron chi connectivity index (χ1n) is 6.34. The van der Waals surface area contributed by atoms with Gasteiger partial charge in [-0.05, 0) is 0 Å². The number of benzene rings is 3. The molecule has 0 aliphatic rings. The molecule has 0 bridgehead atoms. The van der Waals surface area contributed by atoms with E-state index in [1.807, 2.05) is 91.0 Å². The Morgan fingerprint density at radius 2 is 0.545 bits per heavy atom. The molecule has 0 aliphatic heterocycles. The molecule has 4 heteroatoms. The van der Waals surface area contributed by atoms with Gasteiger partial charge in [-0.15, -0.1) is 0 Å². The first kappa shape index (κ1) is 21.2. The molecule has 3 aromatic carbocycles. The van der Waals surface area contributed by atoms with Crippen LogP contribution in [0.2, 0.25) is 0 Å². The zero-order valence-corrected chi connectivity index (χ0v) is 17.7. The van der Waals surface area contributed by atoms with Crippen LogP contribution in [0.4, 0.5) is 0 Å². The van der Waals surface area contributed by atoms with Crippen LogP contribution in [0.3, 0.4) is 0 Å². The fraction of sp³-hybridized carbons (Fsp3) is 0. The fourth-order valence-corrected chi connectivity index (χ4v) is 1.73. The molecule has 0 nitrogen and oxygen atoms in total. The van der Waals surface area contributed by atoms with Crippen LogP contribution < -0.4 is 0 Å². The van der Waals surface area contributed by atoms with Crippen molar-refractivity contribution in [3.8, 4) is 0 Å². The molecule has 3 aromatic rings. The van der Waals surface area contributed by atoms with Gasteiger partial charge in [0.05, 0.1) is 0 Å². The second-order valence-electron chi connectivity index (χ2n) is 3.94. The number of hydrogen-bond donors (Lipinski definition) is 0. The van der Waals surface area contributed by atoms with Gasteiger partial charge in [-0.25, -0.2) is 0 Å². The Morgan fingerprint density at radius 1 is 0.364 bits per heavy atom. The van der Waals surface area contributed by atoms with Gasteiger partial charge < -0.3 is 37.9 Å². The normalized spacial score (nSPS) is 8.18. The van der Waals surface area contributed by atoms with Gasteiger partial charge in [-0.1, -0.05) is 91.0 Å². The molecular formula is C18H15InS3. The van der Waals surface area contributed by atoms with Crippen molar-refractivity contribution in [1.29, 1.82) is 0 Å². The van der Waals surface area contributed by atoms with E-state index in [0.717, 1.165) is 14.7 Å². The van der Waals surface area contributed by atoms with Crippen LogP contribution in [0.25, 0.3) is 0 Å². The number of rotatable bonds is 0. The largest absolute Gasteiger partial charge is 3.00 e. The van der Waals surface area contributed by atoms with Crippen molar-refractivity contribution in [1.82, 2.24) is 0 Å². The molecule has 0 aromatic heterocycles. The SMILES string of the molecule is [In+3].[S-]c1ccccc1.[S-]c1ccccc1.[S-]c1ccccc1. The average molecular weight is 442 g/mol. The molecule has 0 saturated heterocycles. The molecule has 0 N–H and O–H groups in total. The first-order valence-corrected chi connectivity index (χ1v) is 7.57. The zero-order chi connectivity index (χ0) is 15.3. The molecule has 0 heterocycles. The molecule has 0 radical (unpaired) electrons. The Balaban J connectivity index is 0.000000294. The van der Waals surface area contributed by atoms with Crippen molar-refractivity contribution in [2.75, 3.05) is 0 Å². The molecule has 108 valence electrons. The summed E-state index contributed by atoms with van der Waals surface area (Å²) in [6, 6.07) is 28.8. The van der Waals surface area contributed by atoms with Gasteiger partial charge in [0.15, 0.2) is 0 Å². The maximum atomic E-state index is 4.81. The Morgan fingerprint density at radius 3 is 0.636 bits per heavy atom. The van der Waals surface area contributed by atoms with E-state index in [9.17, 15) is 0 Å². The van der Waals surface area contributed by atoms with Crippen LogP contribution in [0.5, 0.6) is 0 Å².